The van der Waals surface area contributed by atoms with Crippen LogP contribution in [0.15, 0.2) is 71.5 Å². The van der Waals surface area contributed by atoms with E-state index in [-0.39, 0.29) is 0 Å². The van der Waals surface area contributed by atoms with E-state index >= 15 is 0 Å². The molecule has 0 radical (unpaired) electrons. The molecular weight excluding hydrogens is 286 g/mol. The van der Waals surface area contributed by atoms with E-state index in [1.807, 2.05) is 42.7 Å². The molecule has 0 aliphatic rings. The minimum atomic E-state index is 0.628. The molecule has 0 bridgehead atoms. The first-order chi connectivity index (χ1) is 11.4. The van der Waals surface area contributed by atoms with Gasteiger partial charge in [0.1, 0.15) is 0 Å². The van der Waals surface area contributed by atoms with Gasteiger partial charge in [-0.1, -0.05) is 36.4 Å². The zero-order valence-electron chi connectivity index (χ0n) is 12.2. The molecule has 5 aromatic rings. The zero-order valence-corrected chi connectivity index (χ0v) is 12.2. The maximum absolute atomic E-state index is 6.04. The summed E-state index contributed by atoms with van der Waals surface area (Å²) >= 11 is 0. The van der Waals surface area contributed by atoms with Crippen molar-refractivity contribution in [3.8, 4) is 22.8 Å². The van der Waals surface area contributed by atoms with Crippen molar-refractivity contribution in [1.29, 1.82) is 0 Å². The minimum absolute atomic E-state index is 0.628. The average molecular weight is 299 g/mol. The summed E-state index contributed by atoms with van der Waals surface area (Å²) in [4.78, 5) is 11.0. The number of benzene rings is 2. The third-order valence-electron chi connectivity index (χ3n) is 4.18. The van der Waals surface area contributed by atoms with Crippen LogP contribution in [0.5, 0.6) is 0 Å². The van der Waals surface area contributed by atoms with Crippen molar-refractivity contribution in [3.63, 3.8) is 0 Å². The van der Waals surface area contributed by atoms with E-state index in [1.165, 1.54) is 0 Å². The molecule has 2 N–H and O–H groups in total. The Balaban J connectivity index is 1.66. The smallest absolute Gasteiger partial charge is 0.228 e. The minimum Gasteiger partial charge on any atom is -0.436 e. The molecule has 23 heavy (non-hydrogen) atoms. The number of oxazole rings is 1. The largest absolute Gasteiger partial charge is 0.436 e. The van der Waals surface area contributed by atoms with Gasteiger partial charge in [-0.3, -0.25) is 0 Å². The molecular formula is C19H13N3O. The van der Waals surface area contributed by atoms with Crippen LogP contribution in [0.3, 0.4) is 0 Å². The van der Waals surface area contributed by atoms with Crippen LogP contribution in [0, 0.1) is 0 Å². The van der Waals surface area contributed by atoms with E-state index < -0.39 is 0 Å². The van der Waals surface area contributed by atoms with E-state index in [0.717, 1.165) is 38.7 Å². The van der Waals surface area contributed by atoms with Crippen molar-refractivity contribution >= 4 is 21.8 Å². The molecule has 0 aliphatic heterocycles. The molecule has 0 aliphatic carbocycles. The number of nitrogens with zero attached hydrogens (tertiary/aromatic N) is 1. The first-order valence-corrected chi connectivity index (χ1v) is 7.49. The molecule has 110 valence electrons. The standard InChI is InChI=1S/C19H13N3O/c1-3-7-16-12(5-1)14(9-20-16)18-11-22-19(23-18)15-10-21-17-8-4-2-6-13(15)17/h1-11,20-21H. The van der Waals surface area contributed by atoms with Crippen molar-refractivity contribution in [3.05, 3.63) is 67.1 Å². The SMILES string of the molecule is c1ccc2c(-c3cnc(-c4c[nH]c5ccccc45)o3)c[nH]c2c1. The van der Waals surface area contributed by atoms with Crippen LogP contribution in [-0.4, -0.2) is 15.0 Å². The topological polar surface area (TPSA) is 57.6 Å². The number of hydrogen-bond donors (Lipinski definition) is 2. The molecule has 0 fully saturated rings. The van der Waals surface area contributed by atoms with Crippen LogP contribution >= 0.6 is 0 Å². The summed E-state index contributed by atoms with van der Waals surface area (Å²) in [6, 6.07) is 16.3. The van der Waals surface area contributed by atoms with Crippen LogP contribution in [0.2, 0.25) is 0 Å². The summed E-state index contributed by atoms with van der Waals surface area (Å²) in [5.74, 6) is 1.39. The zero-order chi connectivity index (χ0) is 15.2. The van der Waals surface area contributed by atoms with E-state index in [1.54, 1.807) is 6.20 Å². The molecule has 0 atom stereocenters. The lowest BCUT2D eigenvalue weighted by atomic mass is 10.1. The van der Waals surface area contributed by atoms with Crippen LogP contribution in [0.4, 0.5) is 0 Å². The maximum Gasteiger partial charge on any atom is 0.228 e. The highest BCUT2D eigenvalue weighted by atomic mass is 16.4. The number of fused-ring (bicyclic) bond motifs is 2. The van der Waals surface area contributed by atoms with Crippen molar-refractivity contribution in [1.82, 2.24) is 15.0 Å². The molecule has 4 heteroatoms. The van der Waals surface area contributed by atoms with Crippen LogP contribution in [0.25, 0.3) is 44.6 Å². The van der Waals surface area contributed by atoms with Crippen LogP contribution in [0.1, 0.15) is 0 Å². The Morgan fingerprint density at radius 2 is 1.35 bits per heavy atom. The Bertz CT molecular complexity index is 1040. The summed E-state index contributed by atoms with van der Waals surface area (Å²) in [6.45, 7) is 0. The van der Waals surface area contributed by atoms with Crippen LogP contribution in [-0.2, 0) is 0 Å². The number of aromatic nitrogens is 3. The van der Waals surface area contributed by atoms with E-state index in [0.29, 0.717) is 5.89 Å². The molecule has 0 amide bonds. The Morgan fingerprint density at radius 1 is 0.739 bits per heavy atom. The Kier molecular flexibility index (Phi) is 2.46. The van der Waals surface area contributed by atoms with Crippen molar-refractivity contribution in [2.24, 2.45) is 0 Å². The highest BCUT2D eigenvalue weighted by molar-refractivity contribution is 5.95. The van der Waals surface area contributed by atoms with Gasteiger partial charge in [0.25, 0.3) is 0 Å². The first kappa shape index (κ1) is 12.3. The molecule has 3 heterocycles. The molecule has 0 unspecified atom stereocenters. The third kappa shape index (κ3) is 1.82. The van der Waals surface area contributed by atoms with Gasteiger partial charge in [-0.25, -0.2) is 4.98 Å². The quantitative estimate of drug-likeness (QED) is 0.483. The number of nitrogens with one attached hydrogen (secondary N) is 2. The maximum atomic E-state index is 6.04. The normalized spacial score (nSPS) is 11.5. The van der Waals surface area contributed by atoms with Gasteiger partial charge in [-0.05, 0) is 12.1 Å². The summed E-state index contributed by atoms with van der Waals surface area (Å²) < 4.78 is 6.04. The van der Waals surface area contributed by atoms with Crippen molar-refractivity contribution in [2.45, 2.75) is 0 Å². The van der Waals surface area contributed by atoms with Crippen LogP contribution < -0.4 is 0 Å². The number of rotatable bonds is 2. The first-order valence-electron chi connectivity index (χ1n) is 7.49. The molecule has 4 nitrogen and oxygen atoms in total. The van der Waals surface area contributed by atoms with Gasteiger partial charge in [-0.15, -0.1) is 0 Å². The Hall–Kier alpha value is -3.27. The predicted molar refractivity (Wildman–Crippen MR) is 91.1 cm³/mol. The molecule has 0 saturated heterocycles. The molecule has 2 aromatic carbocycles. The van der Waals surface area contributed by atoms with E-state index in [4.69, 9.17) is 4.42 Å². The molecule has 0 spiro atoms. The summed E-state index contributed by atoms with van der Waals surface area (Å²) in [5.41, 5.74) is 4.17. The predicted octanol–water partition coefficient (Wildman–Crippen LogP) is 4.97. The second-order valence-electron chi connectivity index (χ2n) is 5.53. The number of para-hydroxylation sites is 2. The number of aromatic amines is 2. The van der Waals surface area contributed by atoms with Gasteiger partial charge in [-0.2, -0.15) is 0 Å². The number of H-pyrrole nitrogens is 2. The highest BCUT2D eigenvalue weighted by Crippen LogP contribution is 2.33. The highest BCUT2D eigenvalue weighted by Gasteiger charge is 2.14. The second kappa shape index (κ2) is 4.61. The van der Waals surface area contributed by atoms with Crippen molar-refractivity contribution in [2.75, 3.05) is 0 Å². The Labute approximate surface area is 131 Å². The van der Waals surface area contributed by atoms with Gasteiger partial charge in [0.05, 0.1) is 11.8 Å². The lowest BCUT2D eigenvalue weighted by Crippen LogP contribution is -1.73. The molecule has 5 rings (SSSR count). The fraction of sp³-hybridized carbons (Fsp3) is 0. The monoisotopic (exact) mass is 299 g/mol. The van der Waals surface area contributed by atoms with Gasteiger partial charge in [0, 0.05) is 39.8 Å². The fourth-order valence-corrected chi connectivity index (χ4v) is 3.05. The third-order valence-corrected chi connectivity index (χ3v) is 4.18. The van der Waals surface area contributed by atoms with Gasteiger partial charge < -0.3 is 14.4 Å². The lowest BCUT2D eigenvalue weighted by molar-refractivity contribution is 0.590. The number of hydrogen-bond acceptors (Lipinski definition) is 2. The van der Waals surface area contributed by atoms with E-state index in [2.05, 4.69) is 33.2 Å². The lowest BCUT2D eigenvalue weighted by Gasteiger charge is -1.95. The molecule has 3 aromatic heterocycles. The summed E-state index contributed by atoms with van der Waals surface area (Å²) in [7, 11) is 0. The second-order valence-corrected chi connectivity index (χ2v) is 5.53. The average Bonchev–Trinajstić information content (AvgIpc) is 3.31. The fourth-order valence-electron chi connectivity index (χ4n) is 3.05. The van der Waals surface area contributed by atoms with E-state index in [9.17, 15) is 0 Å². The summed E-state index contributed by atoms with van der Waals surface area (Å²) in [5, 5.41) is 2.24. The Morgan fingerprint density at radius 3 is 2.09 bits per heavy atom. The molecule has 0 saturated carbocycles. The van der Waals surface area contributed by atoms with Gasteiger partial charge >= 0.3 is 0 Å². The summed E-state index contributed by atoms with van der Waals surface area (Å²) in [6.07, 6.45) is 5.69. The van der Waals surface area contributed by atoms with Gasteiger partial charge in [0.15, 0.2) is 5.76 Å². The van der Waals surface area contributed by atoms with Crippen molar-refractivity contribution < 1.29 is 4.42 Å². The van der Waals surface area contributed by atoms with Gasteiger partial charge in [0.2, 0.25) is 5.89 Å².